The molecule has 2 aromatic carbocycles. The van der Waals surface area contributed by atoms with Crippen LogP contribution < -0.4 is 9.47 Å². The zero-order chi connectivity index (χ0) is 32.7. The second-order valence-corrected chi connectivity index (χ2v) is 13.1. The third-order valence-electron chi connectivity index (χ3n) is 9.04. The van der Waals surface area contributed by atoms with Crippen LogP contribution in [-0.4, -0.2) is 47.9 Å². The lowest BCUT2D eigenvalue weighted by Crippen LogP contribution is -2.27. The van der Waals surface area contributed by atoms with Crippen LogP contribution in [0.3, 0.4) is 0 Å². The van der Waals surface area contributed by atoms with Crippen molar-refractivity contribution in [3.05, 3.63) is 47.5 Å². The minimum atomic E-state index is 0.0405. The number of rotatable bonds is 24. The lowest BCUT2D eigenvalue weighted by molar-refractivity contribution is 0.302. The predicted octanol–water partition coefficient (Wildman–Crippen LogP) is 11.0. The molecule has 0 heterocycles. The SMILES string of the molecule is CCCCCCCCCCOc1ccc(C=N[C@H]2CCCC[C@@H]2N=Cc2ccc(OCCCCCCCCCC)cc2O)c(O)c1. The van der Waals surface area contributed by atoms with Gasteiger partial charge in [-0.2, -0.15) is 0 Å². The van der Waals surface area contributed by atoms with E-state index in [-0.39, 0.29) is 23.6 Å². The molecule has 0 aromatic heterocycles. The molecular formula is C40H62N2O4. The highest BCUT2D eigenvalue weighted by Gasteiger charge is 2.23. The van der Waals surface area contributed by atoms with E-state index in [9.17, 15) is 10.2 Å². The summed E-state index contributed by atoms with van der Waals surface area (Å²) in [5.41, 5.74) is 1.38. The molecule has 0 radical (unpaired) electrons. The van der Waals surface area contributed by atoms with Crippen molar-refractivity contribution in [2.45, 2.75) is 154 Å². The molecule has 6 heteroatoms. The average molecular weight is 635 g/mol. The van der Waals surface area contributed by atoms with Crippen LogP contribution in [0.5, 0.6) is 23.0 Å². The smallest absolute Gasteiger partial charge is 0.128 e. The zero-order valence-corrected chi connectivity index (χ0v) is 28.9. The predicted molar refractivity (Wildman–Crippen MR) is 194 cm³/mol. The van der Waals surface area contributed by atoms with Gasteiger partial charge in [-0.25, -0.2) is 0 Å². The fraction of sp³-hybridized carbons (Fsp3) is 0.650. The molecule has 1 aliphatic rings. The minimum absolute atomic E-state index is 0.0405. The highest BCUT2D eigenvalue weighted by molar-refractivity contribution is 5.85. The van der Waals surface area contributed by atoms with E-state index < -0.39 is 0 Å². The van der Waals surface area contributed by atoms with E-state index in [2.05, 4.69) is 13.8 Å². The third-order valence-corrected chi connectivity index (χ3v) is 9.04. The summed E-state index contributed by atoms with van der Waals surface area (Å²) < 4.78 is 11.8. The number of hydrogen-bond acceptors (Lipinski definition) is 6. The summed E-state index contributed by atoms with van der Waals surface area (Å²) in [7, 11) is 0. The van der Waals surface area contributed by atoms with Crippen molar-refractivity contribution >= 4 is 12.4 Å². The molecule has 3 rings (SSSR count). The second kappa shape index (κ2) is 23.3. The molecule has 0 spiro atoms. The first-order chi connectivity index (χ1) is 22.6. The Kier molecular flexibility index (Phi) is 19.0. The number of ether oxygens (including phenoxy) is 2. The fourth-order valence-corrected chi connectivity index (χ4v) is 6.09. The maximum atomic E-state index is 10.6. The van der Waals surface area contributed by atoms with Crippen LogP contribution >= 0.6 is 0 Å². The molecule has 2 aromatic rings. The summed E-state index contributed by atoms with van der Waals surface area (Å²) in [6.07, 6.45) is 27.9. The zero-order valence-electron chi connectivity index (χ0n) is 28.9. The lowest BCUT2D eigenvalue weighted by Gasteiger charge is -2.25. The summed E-state index contributed by atoms with van der Waals surface area (Å²) in [5.74, 6) is 1.76. The Labute approximate surface area is 279 Å². The normalized spacial score (nSPS) is 16.8. The molecule has 0 bridgehead atoms. The van der Waals surface area contributed by atoms with E-state index in [0.717, 1.165) is 38.5 Å². The molecule has 1 aliphatic carbocycles. The maximum Gasteiger partial charge on any atom is 0.128 e. The molecule has 0 saturated heterocycles. The van der Waals surface area contributed by atoms with Gasteiger partial charge in [0.1, 0.15) is 23.0 Å². The number of phenolic OH excluding ortho intramolecular Hbond substituents is 2. The van der Waals surface area contributed by atoms with Gasteiger partial charge >= 0.3 is 0 Å². The lowest BCUT2D eigenvalue weighted by atomic mass is 9.91. The Balaban J connectivity index is 1.41. The molecule has 1 fully saturated rings. The monoisotopic (exact) mass is 634 g/mol. The van der Waals surface area contributed by atoms with Gasteiger partial charge in [0, 0.05) is 35.7 Å². The summed E-state index contributed by atoms with van der Waals surface area (Å²) in [6, 6.07) is 11.0. The van der Waals surface area contributed by atoms with Crippen LogP contribution in [0.2, 0.25) is 0 Å². The maximum absolute atomic E-state index is 10.6. The molecule has 0 aliphatic heterocycles. The van der Waals surface area contributed by atoms with E-state index in [1.54, 1.807) is 24.6 Å². The van der Waals surface area contributed by atoms with Gasteiger partial charge in [-0.1, -0.05) is 117 Å². The number of hydrogen-bond donors (Lipinski definition) is 2. The topological polar surface area (TPSA) is 83.6 Å². The standard InChI is InChI=1S/C40H62N2O4/c1-3-5-7-9-11-13-15-19-27-45-35-25-23-33(39(43)29-35)31-41-37-21-17-18-22-38(37)42-32-34-24-26-36(30-40(34)44)46-28-20-16-14-12-10-8-6-4-2/h23-26,29-32,37-38,43-44H,3-22,27-28H2,1-2H3/t37-,38-/m0/s1. The average Bonchev–Trinajstić information content (AvgIpc) is 3.06. The van der Waals surface area contributed by atoms with Crippen LogP contribution in [0, 0.1) is 0 Å². The summed E-state index contributed by atoms with van der Waals surface area (Å²) in [5, 5.41) is 21.2. The van der Waals surface area contributed by atoms with Crippen molar-refractivity contribution in [2.24, 2.45) is 9.98 Å². The van der Waals surface area contributed by atoms with Gasteiger partial charge in [-0.05, 0) is 49.9 Å². The van der Waals surface area contributed by atoms with Gasteiger partial charge in [-0.15, -0.1) is 0 Å². The fourth-order valence-electron chi connectivity index (χ4n) is 6.09. The first-order valence-corrected chi connectivity index (χ1v) is 18.6. The van der Waals surface area contributed by atoms with Gasteiger partial charge in [-0.3, -0.25) is 9.98 Å². The molecular weight excluding hydrogens is 572 g/mol. The van der Waals surface area contributed by atoms with Crippen LogP contribution in [0.4, 0.5) is 0 Å². The van der Waals surface area contributed by atoms with Gasteiger partial charge in [0.15, 0.2) is 0 Å². The van der Waals surface area contributed by atoms with Crippen molar-refractivity contribution in [1.29, 1.82) is 0 Å². The molecule has 6 nitrogen and oxygen atoms in total. The molecule has 2 N–H and O–H groups in total. The molecule has 2 atom stereocenters. The summed E-state index contributed by atoms with van der Waals surface area (Å²) in [6.45, 7) is 5.85. The molecule has 0 amide bonds. The van der Waals surface area contributed by atoms with E-state index in [1.807, 2.05) is 24.3 Å². The number of benzene rings is 2. The first kappa shape index (κ1) is 37.4. The van der Waals surface area contributed by atoms with Gasteiger partial charge in [0.2, 0.25) is 0 Å². The van der Waals surface area contributed by atoms with E-state index in [0.29, 0.717) is 35.8 Å². The molecule has 1 saturated carbocycles. The van der Waals surface area contributed by atoms with Crippen LogP contribution in [0.1, 0.15) is 153 Å². The van der Waals surface area contributed by atoms with Crippen LogP contribution in [-0.2, 0) is 0 Å². The Morgan fingerprint density at radius 2 is 0.935 bits per heavy atom. The van der Waals surface area contributed by atoms with E-state index >= 15 is 0 Å². The largest absolute Gasteiger partial charge is 0.507 e. The highest BCUT2D eigenvalue weighted by Crippen LogP contribution is 2.28. The van der Waals surface area contributed by atoms with Gasteiger partial charge in [0.25, 0.3) is 0 Å². The Morgan fingerprint density at radius 3 is 1.30 bits per heavy atom. The Morgan fingerprint density at radius 1 is 0.565 bits per heavy atom. The summed E-state index contributed by atoms with van der Waals surface area (Å²) in [4.78, 5) is 9.70. The van der Waals surface area contributed by atoms with Crippen molar-refractivity contribution in [3.63, 3.8) is 0 Å². The van der Waals surface area contributed by atoms with Crippen molar-refractivity contribution in [2.75, 3.05) is 13.2 Å². The first-order valence-electron chi connectivity index (χ1n) is 18.6. The third kappa shape index (κ3) is 15.0. The van der Waals surface area contributed by atoms with Crippen LogP contribution in [0.25, 0.3) is 0 Å². The highest BCUT2D eigenvalue weighted by atomic mass is 16.5. The molecule has 256 valence electrons. The van der Waals surface area contributed by atoms with Gasteiger partial charge in [0.05, 0.1) is 25.3 Å². The molecule has 0 unspecified atom stereocenters. The summed E-state index contributed by atoms with van der Waals surface area (Å²) >= 11 is 0. The van der Waals surface area contributed by atoms with Crippen LogP contribution in [0.15, 0.2) is 46.4 Å². The Bertz CT molecular complexity index is 1060. The van der Waals surface area contributed by atoms with Crippen molar-refractivity contribution in [3.8, 4) is 23.0 Å². The van der Waals surface area contributed by atoms with E-state index in [4.69, 9.17) is 19.5 Å². The van der Waals surface area contributed by atoms with Crippen molar-refractivity contribution in [1.82, 2.24) is 0 Å². The van der Waals surface area contributed by atoms with E-state index in [1.165, 1.54) is 89.9 Å². The van der Waals surface area contributed by atoms with Gasteiger partial charge < -0.3 is 19.7 Å². The number of aliphatic imine (C=N–C) groups is 2. The second-order valence-electron chi connectivity index (χ2n) is 13.1. The number of phenols is 2. The number of aromatic hydroxyl groups is 2. The molecule has 46 heavy (non-hydrogen) atoms. The Hall–Kier alpha value is -3.02. The number of unbranched alkanes of at least 4 members (excludes halogenated alkanes) is 14. The quantitative estimate of drug-likeness (QED) is 0.0889. The minimum Gasteiger partial charge on any atom is -0.507 e. The number of nitrogens with zero attached hydrogens (tertiary/aromatic N) is 2. The van der Waals surface area contributed by atoms with Crippen molar-refractivity contribution < 1.29 is 19.7 Å².